The molecule has 2 aromatic rings. The van der Waals surface area contributed by atoms with Crippen LogP contribution in [0.1, 0.15) is 65.3 Å². The van der Waals surface area contributed by atoms with Crippen molar-refractivity contribution >= 4 is 21.8 Å². The first-order valence-corrected chi connectivity index (χ1v) is 12.3. The number of carbonyl (C=O) groups excluding carboxylic acids is 1. The maximum absolute atomic E-state index is 13.1. The first-order chi connectivity index (χ1) is 15.6. The summed E-state index contributed by atoms with van der Waals surface area (Å²) < 4.78 is 13.4. The van der Waals surface area contributed by atoms with Crippen LogP contribution in [0, 0.1) is 32.6 Å². The smallest absolute Gasteiger partial charge is 0.253 e. The Morgan fingerprint density at radius 2 is 1.85 bits per heavy atom. The molecule has 0 radical (unpaired) electrons. The lowest BCUT2D eigenvalue weighted by atomic mass is 9.78. The number of pyridine rings is 1. The van der Waals surface area contributed by atoms with Gasteiger partial charge in [-0.1, -0.05) is 0 Å². The number of aromatic nitrogens is 1. The van der Waals surface area contributed by atoms with Crippen molar-refractivity contribution in [3.8, 4) is 11.5 Å². The van der Waals surface area contributed by atoms with E-state index >= 15 is 0 Å². The van der Waals surface area contributed by atoms with Gasteiger partial charge >= 0.3 is 0 Å². The van der Waals surface area contributed by atoms with Gasteiger partial charge in [-0.25, -0.2) is 0 Å². The van der Waals surface area contributed by atoms with E-state index in [1.165, 1.54) is 0 Å². The number of aryl methyl sites for hydroxylation is 2. The van der Waals surface area contributed by atoms with Gasteiger partial charge in [0.05, 0.1) is 4.47 Å². The number of nitrogens with one attached hydrogen (secondary N) is 2. The van der Waals surface area contributed by atoms with Crippen molar-refractivity contribution < 1.29 is 14.3 Å². The summed E-state index contributed by atoms with van der Waals surface area (Å²) in [6, 6.07) is 3.66. The average molecular weight is 518 g/mol. The highest BCUT2D eigenvalue weighted by Crippen LogP contribution is 2.51. The highest BCUT2D eigenvalue weighted by atomic mass is 79.9. The first-order valence-electron chi connectivity index (χ1n) is 11.5. The SMILES string of the molecule is Cc1cc(C)c(CNC(=O)c2cc(Br)c3c(c2C)OC(C)(C2CCC(CN)CC2)O3)c(=O)[nH]1. The number of hydrogen-bond donors (Lipinski definition) is 3. The van der Waals surface area contributed by atoms with Crippen molar-refractivity contribution in [1.29, 1.82) is 0 Å². The summed E-state index contributed by atoms with van der Waals surface area (Å²) in [6.07, 6.45) is 4.15. The van der Waals surface area contributed by atoms with Crippen molar-refractivity contribution in [2.75, 3.05) is 6.54 Å². The number of benzene rings is 1. The zero-order chi connectivity index (χ0) is 23.9. The third-order valence-electron chi connectivity index (χ3n) is 7.13. The maximum Gasteiger partial charge on any atom is 0.253 e. The minimum Gasteiger partial charge on any atom is -0.448 e. The van der Waals surface area contributed by atoms with Gasteiger partial charge in [-0.3, -0.25) is 9.59 Å². The Bertz CT molecular complexity index is 1140. The van der Waals surface area contributed by atoms with Crippen LogP contribution in [-0.2, 0) is 6.54 Å². The quantitative estimate of drug-likeness (QED) is 0.549. The number of fused-ring (bicyclic) bond motifs is 1. The van der Waals surface area contributed by atoms with Crippen molar-refractivity contribution in [3.05, 3.63) is 54.9 Å². The summed E-state index contributed by atoms with van der Waals surface area (Å²) in [5.74, 6) is 1.03. The van der Waals surface area contributed by atoms with Crippen LogP contribution in [0.25, 0.3) is 0 Å². The molecular weight excluding hydrogens is 486 g/mol. The predicted molar refractivity (Wildman–Crippen MR) is 131 cm³/mol. The van der Waals surface area contributed by atoms with Crippen LogP contribution in [0.3, 0.4) is 0 Å². The number of carbonyl (C=O) groups is 1. The van der Waals surface area contributed by atoms with Gasteiger partial charge in [0, 0.05) is 41.8 Å². The topological polar surface area (TPSA) is 106 Å². The van der Waals surface area contributed by atoms with Crippen molar-refractivity contribution in [2.24, 2.45) is 17.6 Å². The van der Waals surface area contributed by atoms with Gasteiger partial charge in [0.15, 0.2) is 11.5 Å². The molecule has 4 rings (SSSR count). The van der Waals surface area contributed by atoms with E-state index in [2.05, 4.69) is 26.2 Å². The van der Waals surface area contributed by atoms with E-state index in [0.717, 1.165) is 49.0 Å². The first kappa shape index (κ1) is 23.8. The van der Waals surface area contributed by atoms with E-state index in [1.807, 2.05) is 33.8 Å². The zero-order valence-corrected chi connectivity index (χ0v) is 21.2. The second-order valence-electron chi connectivity index (χ2n) is 9.49. The Balaban J connectivity index is 1.53. The molecule has 178 valence electrons. The molecule has 1 fully saturated rings. The van der Waals surface area contributed by atoms with Gasteiger partial charge in [0.2, 0.25) is 0 Å². The summed E-state index contributed by atoms with van der Waals surface area (Å²) in [7, 11) is 0. The number of nitrogens with two attached hydrogens (primary N) is 1. The molecule has 1 aromatic heterocycles. The lowest BCUT2D eigenvalue weighted by Gasteiger charge is -2.37. The molecule has 1 aliphatic carbocycles. The monoisotopic (exact) mass is 517 g/mol. The van der Waals surface area contributed by atoms with Crippen molar-refractivity contribution in [3.63, 3.8) is 0 Å². The minimum absolute atomic E-state index is 0.147. The normalized spacial score (nSPS) is 24.1. The van der Waals surface area contributed by atoms with E-state index in [9.17, 15) is 9.59 Å². The largest absolute Gasteiger partial charge is 0.448 e. The summed E-state index contributed by atoms with van der Waals surface area (Å²) in [4.78, 5) is 28.1. The van der Waals surface area contributed by atoms with Crippen molar-refractivity contribution in [1.82, 2.24) is 10.3 Å². The number of rotatable bonds is 5. The fourth-order valence-electron chi connectivity index (χ4n) is 5.04. The summed E-state index contributed by atoms with van der Waals surface area (Å²) >= 11 is 3.57. The van der Waals surface area contributed by atoms with Crippen LogP contribution in [0.2, 0.25) is 0 Å². The van der Waals surface area contributed by atoms with E-state index in [1.54, 1.807) is 6.07 Å². The highest BCUT2D eigenvalue weighted by Gasteiger charge is 2.47. The van der Waals surface area contributed by atoms with Gasteiger partial charge in [-0.15, -0.1) is 0 Å². The molecule has 7 nitrogen and oxygen atoms in total. The third-order valence-corrected chi connectivity index (χ3v) is 7.72. The Hall–Kier alpha value is -2.32. The molecular formula is C25H32BrN3O4. The standard InChI is InChI=1S/C25H32BrN3O4/c1-13-9-14(2)29-24(31)19(13)12-28-23(30)18-10-20(26)22-21(15(18)3)32-25(4,33-22)17-7-5-16(11-27)6-8-17/h9-10,16-17H,5-8,11-12,27H2,1-4H3,(H,28,30)(H,29,31). The Kier molecular flexibility index (Phi) is 6.60. The molecule has 2 heterocycles. The summed E-state index contributed by atoms with van der Waals surface area (Å²) in [5, 5.41) is 2.88. The number of halogens is 1. The molecule has 0 bridgehead atoms. The van der Waals surface area contributed by atoms with E-state index in [0.29, 0.717) is 33.0 Å². The molecule has 1 aliphatic heterocycles. The number of ether oxygens (including phenoxy) is 2. The van der Waals surface area contributed by atoms with E-state index in [4.69, 9.17) is 15.2 Å². The zero-order valence-electron chi connectivity index (χ0n) is 19.6. The molecule has 1 atom stereocenters. The fraction of sp³-hybridized carbons (Fsp3) is 0.520. The minimum atomic E-state index is -0.767. The maximum atomic E-state index is 13.1. The number of hydrogen-bond acceptors (Lipinski definition) is 5. The molecule has 4 N–H and O–H groups in total. The highest BCUT2D eigenvalue weighted by molar-refractivity contribution is 9.10. The van der Waals surface area contributed by atoms with Gasteiger partial charge in [-0.05, 0) is 92.5 Å². The Morgan fingerprint density at radius 3 is 2.48 bits per heavy atom. The van der Waals surface area contributed by atoms with Gasteiger partial charge in [0.25, 0.3) is 17.3 Å². The van der Waals surface area contributed by atoms with Crippen molar-refractivity contribution in [2.45, 2.75) is 65.7 Å². The third kappa shape index (κ3) is 4.55. The predicted octanol–water partition coefficient (Wildman–Crippen LogP) is 4.25. The van der Waals surface area contributed by atoms with Crippen LogP contribution in [0.15, 0.2) is 21.4 Å². The molecule has 33 heavy (non-hydrogen) atoms. The summed E-state index contributed by atoms with van der Waals surface area (Å²) in [6.45, 7) is 8.43. The number of H-pyrrole nitrogens is 1. The molecule has 2 aliphatic rings. The average Bonchev–Trinajstić information content (AvgIpc) is 3.15. The van der Waals surface area contributed by atoms with Crippen LogP contribution in [0.4, 0.5) is 0 Å². The molecule has 1 unspecified atom stereocenters. The van der Waals surface area contributed by atoms with Crippen LogP contribution in [0.5, 0.6) is 11.5 Å². The number of amides is 1. The number of aromatic amines is 1. The molecule has 1 saturated carbocycles. The molecule has 1 aromatic carbocycles. The second-order valence-corrected chi connectivity index (χ2v) is 10.3. The van der Waals surface area contributed by atoms with Crippen LogP contribution >= 0.6 is 15.9 Å². The molecule has 0 spiro atoms. The van der Waals surface area contributed by atoms with E-state index in [-0.39, 0.29) is 23.9 Å². The second kappa shape index (κ2) is 9.14. The van der Waals surface area contributed by atoms with E-state index < -0.39 is 5.79 Å². The lowest BCUT2D eigenvalue weighted by molar-refractivity contribution is -0.122. The Morgan fingerprint density at radius 1 is 1.18 bits per heavy atom. The van der Waals surface area contributed by atoms with Gasteiger partial charge in [0.1, 0.15) is 0 Å². The lowest BCUT2D eigenvalue weighted by Crippen LogP contribution is -2.45. The summed E-state index contributed by atoms with van der Waals surface area (Å²) in [5.41, 5.74) is 9.06. The molecule has 8 heteroatoms. The Labute approximate surface area is 202 Å². The van der Waals surface area contributed by atoms with Gasteiger partial charge < -0.3 is 25.5 Å². The van der Waals surface area contributed by atoms with Crippen LogP contribution < -0.4 is 26.1 Å². The fourth-order valence-corrected chi connectivity index (χ4v) is 5.53. The molecule has 1 amide bonds. The van der Waals surface area contributed by atoms with Gasteiger partial charge in [-0.2, -0.15) is 0 Å². The molecule has 0 saturated heterocycles. The van der Waals surface area contributed by atoms with Crippen LogP contribution in [-0.4, -0.2) is 23.2 Å².